The van der Waals surface area contributed by atoms with E-state index in [1.807, 2.05) is 68.4 Å². The van der Waals surface area contributed by atoms with Crippen molar-refractivity contribution in [3.05, 3.63) is 100 Å². The van der Waals surface area contributed by atoms with Crippen molar-refractivity contribution in [1.29, 1.82) is 0 Å². The van der Waals surface area contributed by atoms with Crippen LogP contribution in [0.2, 0.25) is 5.02 Å². The van der Waals surface area contributed by atoms with Crippen LogP contribution in [0.5, 0.6) is 0 Å². The summed E-state index contributed by atoms with van der Waals surface area (Å²) in [6.07, 6.45) is 2.09. The first-order valence-corrected chi connectivity index (χ1v) is 15.1. The van der Waals surface area contributed by atoms with Crippen molar-refractivity contribution >= 4 is 39.1 Å². The molecule has 1 N–H and O–H groups in total. The van der Waals surface area contributed by atoms with E-state index in [0.717, 1.165) is 33.7 Å². The number of halogens is 1. The zero-order valence-corrected chi connectivity index (χ0v) is 24.4. The number of aryl methyl sites for hydroxylation is 2. The first-order valence-electron chi connectivity index (χ1n) is 12.9. The molecule has 1 atom stereocenters. The lowest BCUT2D eigenvalue weighted by Crippen LogP contribution is -2.53. The fourth-order valence-electron chi connectivity index (χ4n) is 4.30. The van der Waals surface area contributed by atoms with E-state index < -0.39 is 28.5 Å². The Labute approximate surface area is 236 Å². The molecule has 3 aromatic rings. The molecule has 3 rings (SSSR count). The normalized spacial score (nSPS) is 12.0. The molecule has 0 spiro atoms. The van der Waals surface area contributed by atoms with Crippen molar-refractivity contribution in [3.63, 3.8) is 0 Å². The van der Waals surface area contributed by atoms with Crippen LogP contribution >= 0.6 is 11.6 Å². The van der Waals surface area contributed by atoms with E-state index in [-0.39, 0.29) is 18.9 Å². The van der Waals surface area contributed by atoms with Crippen LogP contribution in [-0.4, -0.2) is 50.5 Å². The predicted octanol–water partition coefficient (Wildman–Crippen LogP) is 4.89. The number of rotatable bonds is 12. The third-order valence-corrected chi connectivity index (χ3v) is 7.76. The fourth-order valence-corrected chi connectivity index (χ4v) is 5.44. The Kier molecular flexibility index (Phi) is 10.5. The predicted molar refractivity (Wildman–Crippen MR) is 157 cm³/mol. The van der Waals surface area contributed by atoms with E-state index in [1.165, 1.54) is 4.90 Å². The number of carbonyl (C=O) groups is 2. The van der Waals surface area contributed by atoms with Gasteiger partial charge in [0, 0.05) is 24.5 Å². The molecule has 39 heavy (non-hydrogen) atoms. The number of sulfonamides is 1. The first-order chi connectivity index (χ1) is 18.5. The van der Waals surface area contributed by atoms with Gasteiger partial charge in [0.15, 0.2) is 0 Å². The summed E-state index contributed by atoms with van der Waals surface area (Å²) in [5.74, 6) is -0.766. The van der Waals surface area contributed by atoms with Gasteiger partial charge in [-0.1, -0.05) is 78.7 Å². The summed E-state index contributed by atoms with van der Waals surface area (Å²) in [6, 6.07) is 21.2. The number of amides is 2. The van der Waals surface area contributed by atoms with Crippen LogP contribution in [0.4, 0.5) is 5.69 Å². The van der Waals surface area contributed by atoms with Crippen LogP contribution in [0.15, 0.2) is 72.8 Å². The van der Waals surface area contributed by atoms with Crippen LogP contribution in [-0.2, 0) is 32.6 Å². The summed E-state index contributed by atoms with van der Waals surface area (Å²) >= 11 is 6.10. The minimum atomic E-state index is -3.84. The monoisotopic (exact) mass is 569 g/mol. The summed E-state index contributed by atoms with van der Waals surface area (Å²) in [5, 5.41) is 3.40. The van der Waals surface area contributed by atoms with Gasteiger partial charge in [0.25, 0.3) is 0 Å². The second kappa shape index (κ2) is 13.6. The van der Waals surface area contributed by atoms with Gasteiger partial charge in [0.2, 0.25) is 21.8 Å². The van der Waals surface area contributed by atoms with Gasteiger partial charge in [-0.05, 0) is 55.2 Å². The number of hydrogen-bond acceptors (Lipinski definition) is 4. The van der Waals surface area contributed by atoms with Crippen LogP contribution < -0.4 is 9.62 Å². The lowest BCUT2D eigenvalue weighted by molar-refractivity contribution is -0.140. The largest absolute Gasteiger partial charge is 0.354 e. The number of carbonyl (C=O) groups excluding carboxylic acids is 2. The molecule has 0 bridgehead atoms. The van der Waals surface area contributed by atoms with Gasteiger partial charge in [-0.2, -0.15) is 0 Å². The molecule has 9 heteroatoms. The summed E-state index contributed by atoms with van der Waals surface area (Å²) < 4.78 is 26.9. The lowest BCUT2D eigenvalue weighted by atomic mass is 10.0. The Morgan fingerprint density at radius 3 is 2.21 bits per heavy atom. The zero-order valence-electron chi connectivity index (χ0n) is 22.9. The highest BCUT2D eigenvalue weighted by atomic mass is 35.5. The first kappa shape index (κ1) is 30.2. The highest BCUT2D eigenvalue weighted by molar-refractivity contribution is 7.92. The maximum Gasteiger partial charge on any atom is 0.244 e. The lowest BCUT2D eigenvalue weighted by Gasteiger charge is -2.33. The number of benzene rings is 3. The molecule has 208 valence electrons. The van der Waals surface area contributed by atoms with Gasteiger partial charge in [-0.3, -0.25) is 13.9 Å². The molecule has 0 aliphatic heterocycles. The Hall–Kier alpha value is -3.36. The van der Waals surface area contributed by atoms with Gasteiger partial charge in [-0.15, -0.1) is 0 Å². The Bertz CT molecular complexity index is 1380. The SMILES string of the molecule is CCCNC(=O)[C@@H](Cc1ccccc1)N(Cc1ccc(C)cc1)C(=O)CN(c1ccc(Cl)cc1C)S(C)(=O)=O. The van der Waals surface area contributed by atoms with Gasteiger partial charge < -0.3 is 10.2 Å². The molecule has 0 aliphatic carbocycles. The minimum absolute atomic E-state index is 0.146. The molecular weight excluding hydrogens is 534 g/mol. The number of anilines is 1. The molecule has 0 aliphatic rings. The molecule has 7 nitrogen and oxygen atoms in total. The van der Waals surface area contributed by atoms with E-state index in [9.17, 15) is 18.0 Å². The molecule has 0 heterocycles. The van der Waals surface area contributed by atoms with Crippen molar-refractivity contribution in [3.8, 4) is 0 Å². The van der Waals surface area contributed by atoms with Gasteiger partial charge >= 0.3 is 0 Å². The Morgan fingerprint density at radius 1 is 0.949 bits per heavy atom. The highest BCUT2D eigenvalue weighted by Crippen LogP contribution is 2.26. The maximum absolute atomic E-state index is 14.0. The van der Waals surface area contributed by atoms with E-state index in [2.05, 4.69) is 5.32 Å². The smallest absolute Gasteiger partial charge is 0.244 e. The average molecular weight is 570 g/mol. The fraction of sp³-hybridized carbons (Fsp3) is 0.333. The van der Waals surface area contributed by atoms with E-state index in [0.29, 0.717) is 22.8 Å². The van der Waals surface area contributed by atoms with Gasteiger partial charge in [-0.25, -0.2) is 8.42 Å². The zero-order chi connectivity index (χ0) is 28.6. The molecule has 0 aromatic heterocycles. The quantitative estimate of drug-likeness (QED) is 0.336. The summed E-state index contributed by atoms with van der Waals surface area (Å²) in [5.41, 5.74) is 3.78. The maximum atomic E-state index is 14.0. The van der Waals surface area contributed by atoms with Crippen molar-refractivity contribution in [2.24, 2.45) is 0 Å². The number of nitrogens with zero attached hydrogens (tertiary/aromatic N) is 2. The molecule has 3 aromatic carbocycles. The third kappa shape index (κ3) is 8.57. The summed E-state index contributed by atoms with van der Waals surface area (Å²) in [4.78, 5) is 29.0. The van der Waals surface area contributed by atoms with Crippen molar-refractivity contribution < 1.29 is 18.0 Å². The number of hydrogen-bond donors (Lipinski definition) is 1. The highest BCUT2D eigenvalue weighted by Gasteiger charge is 2.33. The molecule has 0 saturated carbocycles. The molecular formula is C30H36ClN3O4S. The molecule has 0 saturated heterocycles. The van der Waals surface area contributed by atoms with Crippen LogP contribution in [0.3, 0.4) is 0 Å². The third-order valence-electron chi connectivity index (χ3n) is 6.40. The standard InChI is InChI=1S/C30H36ClN3O4S/c1-5-17-32-30(36)28(19-24-9-7-6-8-10-24)33(20-25-13-11-22(2)12-14-25)29(35)21-34(39(4,37)38)27-16-15-26(31)18-23(27)3/h6-16,18,28H,5,17,19-21H2,1-4H3,(H,32,36)/t28-/m1/s1. The van der Waals surface area contributed by atoms with Gasteiger partial charge in [0.1, 0.15) is 12.6 Å². The average Bonchev–Trinajstić information content (AvgIpc) is 2.89. The van der Waals surface area contributed by atoms with Crippen LogP contribution in [0, 0.1) is 13.8 Å². The van der Waals surface area contributed by atoms with Crippen LogP contribution in [0.1, 0.15) is 35.6 Å². The number of nitrogens with one attached hydrogen (secondary N) is 1. The molecule has 0 radical (unpaired) electrons. The molecule has 0 fully saturated rings. The van der Waals surface area contributed by atoms with E-state index in [1.54, 1.807) is 25.1 Å². The minimum Gasteiger partial charge on any atom is -0.354 e. The Balaban J connectivity index is 2.05. The van der Waals surface area contributed by atoms with E-state index >= 15 is 0 Å². The van der Waals surface area contributed by atoms with Crippen molar-refractivity contribution in [2.75, 3.05) is 23.7 Å². The van der Waals surface area contributed by atoms with Crippen LogP contribution in [0.25, 0.3) is 0 Å². The second-order valence-corrected chi connectivity index (χ2v) is 12.0. The molecule has 0 unspecified atom stereocenters. The van der Waals surface area contributed by atoms with E-state index in [4.69, 9.17) is 11.6 Å². The Morgan fingerprint density at radius 2 is 1.62 bits per heavy atom. The van der Waals surface area contributed by atoms with Crippen molar-refractivity contribution in [2.45, 2.75) is 46.2 Å². The van der Waals surface area contributed by atoms with Crippen molar-refractivity contribution in [1.82, 2.24) is 10.2 Å². The summed E-state index contributed by atoms with van der Waals surface area (Å²) in [7, 11) is -3.84. The van der Waals surface area contributed by atoms with Gasteiger partial charge in [0.05, 0.1) is 11.9 Å². The second-order valence-electron chi connectivity index (χ2n) is 9.70. The molecule has 2 amide bonds. The summed E-state index contributed by atoms with van der Waals surface area (Å²) in [6.45, 7) is 5.83. The topological polar surface area (TPSA) is 86.8 Å².